The van der Waals surface area contributed by atoms with Gasteiger partial charge in [-0.15, -0.1) is 0 Å². The number of nitrogens with one attached hydrogen (secondary N) is 2. The Hall–Kier alpha value is -1.35. The fraction of sp³-hybridized carbons (Fsp3) is 0.895. The van der Waals surface area contributed by atoms with Crippen molar-refractivity contribution >= 4 is 21.9 Å². The molecule has 0 aromatic carbocycles. The molecule has 28 heavy (non-hydrogen) atoms. The van der Waals surface area contributed by atoms with E-state index in [1.165, 1.54) is 17.7 Å². The molecular weight excluding hydrogens is 378 g/mol. The van der Waals surface area contributed by atoms with E-state index in [0.717, 1.165) is 19.4 Å². The molecule has 9 heteroatoms. The summed E-state index contributed by atoms with van der Waals surface area (Å²) >= 11 is 0. The van der Waals surface area contributed by atoms with E-state index in [-0.39, 0.29) is 12.5 Å². The van der Waals surface area contributed by atoms with Crippen molar-refractivity contribution in [3.8, 4) is 0 Å². The summed E-state index contributed by atoms with van der Waals surface area (Å²) < 4.78 is 27.3. The number of rotatable bonds is 11. The van der Waals surface area contributed by atoms with Gasteiger partial charge in [-0.3, -0.25) is 4.79 Å². The lowest BCUT2D eigenvalue weighted by Gasteiger charge is -2.25. The third-order valence-electron chi connectivity index (χ3n) is 5.18. The topological polar surface area (TPSA) is 94.1 Å². The first-order valence-corrected chi connectivity index (χ1v) is 12.0. The summed E-state index contributed by atoms with van der Waals surface area (Å²) in [5.41, 5.74) is 0. The van der Waals surface area contributed by atoms with Gasteiger partial charge < -0.3 is 15.1 Å². The zero-order valence-electron chi connectivity index (χ0n) is 18.2. The Labute approximate surface area is 171 Å². The summed E-state index contributed by atoms with van der Waals surface area (Å²) in [4.78, 5) is 20.0. The molecule has 164 valence electrons. The third kappa shape index (κ3) is 7.95. The first kappa shape index (κ1) is 24.7. The molecule has 1 amide bonds. The van der Waals surface area contributed by atoms with Gasteiger partial charge in [-0.05, 0) is 18.8 Å². The average molecular weight is 418 g/mol. The number of carbonyl (C=O) groups excluding carboxylic acids is 1. The molecular formula is C19H39N5O3S. The van der Waals surface area contributed by atoms with E-state index in [2.05, 4.69) is 28.9 Å². The number of unbranched alkanes of at least 4 members (excludes halogenated alkanes) is 1. The first-order chi connectivity index (χ1) is 13.2. The third-order valence-corrected chi connectivity index (χ3v) is 7.14. The van der Waals surface area contributed by atoms with E-state index in [1.54, 1.807) is 21.0 Å². The molecule has 1 fully saturated rings. The van der Waals surface area contributed by atoms with Crippen LogP contribution in [0.3, 0.4) is 0 Å². The minimum atomic E-state index is -3.32. The lowest BCUT2D eigenvalue weighted by atomic mass is 9.99. The van der Waals surface area contributed by atoms with Gasteiger partial charge in [-0.2, -0.15) is 0 Å². The summed E-state index contributed by atoms with van der Waals surface area (Å²) in [7, 11) is 0.0933. The van der Waals surface area contributed by atoms with Crippen molar-refractivity contribution in [3.05, 3.63) is 0 Å². The first-order valence-electron chi connectivity index (χ1n) is 10.5. The van der Waals surface area contributed by atoms with E-state index >= 15 is 0 Å². The van der Waals surface area contributed by atoms with Crippen LogP contribution in [0.2, 0.25) is 0 Å². The maximum atomic E-state index is 12.3. The molecule has 0 bridgehead atoms. The van der Waals surface area contributed by atoms with Gasteiger partial charge in [0.2, 0.25) is 15.9 Å². The molecule has 0 spiro atoms. The highest BCUT2D eigenvalue weighted by atomic mass is 32.2. The predicted octanol–water partition coefficient (Wildman–Crippen LogP) is 1.25. The number of hydrogen-bond acceptors (Lipinski definition) is 4. The van der Waals surface area contributed by atoms with Crippen molar-refractivity contribution in [2.75, 3.05) is 46.8 Å². The van der Waals surface area contributed by atoms with Crippen LogP contribution in [0.25, 0.3) is 0 Å². The zero-order valence-corrected chi connectivity index (χ0v) is 19.0. The zero-order chi connectivity index (χ0) is 21.2. The number of amides is 1. The van der Waals surface area contributed by atoms with Crippen LogP contribution in [0.4, 0.5) is 0 Å². The van der Waals surface area contributed by atoms with E-state index in [0.29, 0.717) is 37.9 Å². The molecule has 0 radical (unpaired) electrons. The fourth-order valence-electron chi connectivity index (χ4n) is 3.22. The van der Waals surface area contributed by atoms with Gasteiger partial charge in [-0.1, -0.05) is 40.0 Å². The molecule has 1 aliphatic heterocycles. The van der Waals surface area contributed by atoms with Gasteiger partial charge in [0.1, 0.15) is 6.54 Å². The largest absolute Gasteiger partial charge is 0.356 e. The summed E-state index contributed by atoms with van der Waals surface area (Å²) in [5.74, 6) is 1.10. The Balaban J connectivity index is 2.83. The number of aliphatic imine (C=N–C) groups is 1. The summed E-state index contributed by atoms with van der Waals surface area (Å²) in [6.45, 7) is 8.40. The van der Waals surface area contributed by atoms with E-state index in [1.807, 2.05) is 4.90 Å². The Morgan fingerprint density at radius 3 is 2.57 bits per heavy atom. The summed E-state index contributed by atoms with van der Waals surface area (Å²) in [6.07, 6.45) is 5.16. The molecule has 2 N–H and O–H groups in total. The van der Waals surface area contributed by atoms with Crippen molar-refractivity contribution in [3.63, 3.8) is 0 Å². The van der Waals surface area contributed by atoms with E-state index < -0.39 is 15.3 Å². The van der Waals surface area contributed by atoms with Crippen LogP contribution in [-0.2, 0) is 14.8 Å². The number of sulfonamides is 1. The van der Waals surface area contributed by atoms with Gasteiger partial charge in [-0.25, -0.2) is 18.1 Å². The molecule has 1 rings (SSSR count). The lowest BCUT2D eigenvalue weighted by Crippen LogP contribution is -2.44. The van der Waals surface area contributed by atoms with Gasteiger partial charge in [0.25, 0.3) is 0 Å². The van der Waals surface area contributed by atoms with Gasteiger partial charge in [0, 0.05) is 40.3 Å². The minimum Gasteiger partial charge on any atom is -0.356 e. The second-order valence-corrected chi connectivity index (χ2v) is 9.67. The van der Waals surface area contributed by atoms with Crippen LogP contribution in [0.15, 0.2) is 4.99 Å². The van der Waals surface area contributed by atoms with Crippen molar-refractivity contribution in [1.29, 1.82) is 0 Å². The fourth-order valence-corrected chi connectivity index (χ4v) is 4.65. The Kier molecular flexibility index (Phi) is 10.8. The van der Waals surface area contributed by atoms with Gasteiger partial charge in [0.05, 0.1) is 5.25 Å². The standard InChI is InChI=1S/C19H39N5O3S/c1-6-9-10-16(7-2)13-20-19(21-14-18(25)23(4)5)24-12-11-17(15-24)28(26,27)22-8-3/h16-17,22H,6-15H2,1-5H3,(H,20,21). The van der Waals surface area contributed by atoms with Crippen LogP contribution in [0, 0.1) is 5.92 Å². The molecule has 1 aliphatic rings. The van der Waals surface area contributed by atoms with Crippen LogP contribution < -0.4 is 10.0 Å². The van der Waals surface area contributed by atoms with Crippen LogP contribution in [0.1, 0.15) is 52.9 Å². The predicted molar refractivity (Wildman–Crippen MR) is 115 cm³/mol. The number of likely N-dealkylation sites (tertiary alicyclic amines) is 1. The van der Waals surface area contributed by atoms with Crippen LogP contribution >= 0.6 is 0 Å². The van der Waals surface area contributed by atoms with Crippen molar-refractivity contribution < 1.29 is 13.2 Å². The van der Waals surface area contributed by atoms with Crippen LogP contribution in [0.5, 0.6) is 0 Å². The maximum absolute atomic E-state index is 12.3. The Morgan fingerprint density at radius 2 is 2.00 bits per heavy atom. The summed E-state index contributed by atoms with van der Waals surface area (Å²) in [5, 5.41) is 2.96. The maximum Gasteiger partial charge on any atom is 0.243 e. The van der Waals surface area contributed by atoms with Crippen molar-refractivity contribution in [2.45, 2.75) is 58.1 Å². The second kappa shape index (κ2) is 12.3. The number of likely N-dealkylation sites (N-methyl/N-ethyl adjacent to an activating group) is 1. The Morgan fingerprint density at radius 1 is 1.29 bits per heavy atom. The van der Waals surface area contributed by atoms with Crippen LogP contribution in [-0.4, -0.2) is 82.2 Å². The summed E-state index contributed by atoms with van der Waals surface area (Å²) in [6, 6.07) is 0. The minimum absolute atomic E-state index is 0.0577. The molecule has 2 unspecified atom stereocenters. The number of guanidine groups is 1. The molecule has 1 saturated heterocycles. The van der Waals surface area contributed by atoms with Gasteiger partial charge in [0.15, 0.2) is 5.96 Å². The highest BCUT2D eigenvalue weighted by Gasteiger charge is 2.34. The number of carbonyl (C=O) groups is 1. The number of nitrogens with zero attached hydrogens (tertiary/aromatic N) is 3. The molecule has 2 atom stereocenters. The van der Waals surface area contributed by atoms with Crippen molar-refractivity contribution in [2.24, 2.45) is 10.9 Å². The SMILES string of the molecule is CCCCC(CC)CNC(=NCC(=O)N(C)C)N1CCC(S(=O)(=O)NCC)C1. The van der Waals surface area contributed by atoms with Crippen molar-refractivity contribution in [1.82, 2.24) is 19.8 Å². The molecule has 0 aromatic rings. The lowest BCUT2D eigenvalue weighted by molar-refractivity contribution is -0.127. The number of hydrogen-bond donors (Lipinski definition) is 2. The normalized spacial score (nSPS) is 19.0. The molecule has 0 aliphatic carbocycles. The highest BCUT2D eigenvalue weighted by Crippen LogP contribution is 2.17. The van der Waals surface area contributed by atoms with E-state index in [9.17, 15) is 13.2 Å². The second-order valence-electron chi connectivity index (χ2n) is 7.63. The molecule has 0 aromatic heterocycles. The Bertz CT molecular complexity index is 607. The smallest absolute Gasteiger partial charge is 0.243 e. The highest BCUT2D eigenvalue weighted by molar-refractivity contribution is 7.90. The molecule has 1 heterocycles. The van der Waals surface area contributed by atoms with Gasteiger partial charge >= 0.3 is 0 Å². The molecule has 0 saturated carbocycles. The molecule has 8 nitrogen and oxygen atoms in total. The van der Waals surface area contributed by atoms with E-state index in [4.69, 9.17) is 0 Å². The average Bonchev–Trinajstić information content (AvgIpc) is 3.14. The quantitative estimate of drug-likeness (QED) is 0.390. The monoisotopic (exact) mass is 417 g/mol.